The number of nitrogens with zero attached hydrogens (tertiary/aromatic N) is 1. The third-order valence-corrected chi connectivity index (χ3v) is 6.23. The van der Waals surface area contributed by atoms with Crippen LogP contribution in [0.5, 0.6) is 0 Å². The number of carbonyl (C=O) groups excluding carboxylic acids is 1. The Hall–Kier alpha value is -2.41. The standard InChI is InChI=1S/C18H20N2O4S/c1-2-20(14-10-11-25(23,24)12-14)18(22)15-8-9-16(19-17(15)21)13-6-4-3-5-7-13/h3-9,14H,2,10-12H2,1H3,(H,19,21)/t14-/m0/s1. The van der Waals surface area contributed by atoms with Crippen LogP contribution in [0.1, 0.15) is 23.7 Å². The van der Waals surface area contributed by atoms with Crippen molar-refractivity contribution in [1.29, 1.82) is 0 Å². The Kier molecular flexibility index (Phi) is 4.76. The van der Waals surface area contributed by atoms with Gasteiger partial charge in [-0.25, -0.2) is 8.42 Å². The van der Waals surface area contributed by atoms with Crippen molar-refractivity contribution in [2.45, 2.75) is 19.4 Å². The van der Waals surface area contributed by atoms with E-state index in [1.165, 1.54) is 11.0 Å². The summed E-state index contributed by atoms with van der Waals surface area (Å²) >= 11 is 0. The predicted molar refractivity (Wildman–Crippen MR) is 96.3 cm³/mol. The van der Waals surface area contributed by atoms with Crippen LogP contribution in [-0.4, -0.2) is 48.3 Å². The first-order valence-corrected chi connectivity index (χ1v) is 10.0. The number of rotatable bonds is 4. The van der Waals surface area contributed by atoms with Crippen molar-refractivity contribution in [2.24, 2.45) is 0 Å². The van der Waals surface area contributed by atoms with Gasteiger partial charge < -0.3 is 9.88 Å². The normalized spacial score (nSPS) is 18.8. The first-order valence-electron chi connectivity index (χ1n) is 8.21. The molecule has 7 heteroatoms. The molecule has 0 bridgehead atoms. The summed E-state index contributed by atoms with van der Waals surface area (Å²) < 4.78 is 23.4. The molecule has 25 heavy (non-hydrogen) atoms. The van der Waals surface area contributed by atoms with E-state index in [-0.39, 0.29) is 23.1 Å². The van der Waals surface area contributed by atoms with Gasteiger partial charge in [0, 0.05) is 18.3 Å². The zero-order chi connectivity index (χ0) is 18.0. The van der Waals surface area contributed by atoms with E-state index in [0.29, 0.717) is 18.7 Å². The highest BCUT2D eigenvalue weighted by atomic mass is 32.2. The lowest BCUT2D eigenvalue weighted by molar-refractivity contribution is 0.0706. The third kappa shape index (κ3) is 3.66. The van der Waals surface area contributed by atoms with E-state index < -0.39 is 21.3 Å². The molecular formula is C18H20N2O4S. The fraction of sp³-hybridized carbons (Fsp3) is 0.333. The second-order valence-corrected chi connectivity index (χ2v) is 8.36. The molecule has 1 aliphatic heterocycles. The van der Waals surface area contributed by atoms with Gasteiger partial charge in [-0.1, -0.05) is 30.3 Å². The number of sulfone groups is 1. The van der Waals surface area contributed by atoms with Crippen LogP contribution in [-0.2, 0) is 9.84 Å². The summed E-state index contributed by atoms with van der Waals surface area (Å²) in [4.78, 5) is 29.4. The molecule has 0 spiro atoms. The quantitative estimate of drug-likeness (QED) is 0.899. The number of benzene rings is 1. The van der Waals surface area contributed by atoms with Gasteiger partial charge in [-0.15, -0.1) is 0 Å². The molecule has 1 aromatic heterocycles. The van der Waals surface area contributed by atoms with Crippen LogP contribution in [0.25, 0.3) is 11.3 Å². The molecule has 0 radical (unpaired) electrons. The number of aromatic amines is 1. The Morgan fingerprint density at radius 1 is 1.20 bits per heavy atom. The molecule has 1 atom stereocenters. The molecule has 2 aromatic rings. The van der Waals surface area contributed by atoms with Crippen LogP contribution in [0, 0.1) is 0 Å². The van der Waals surface area contributed by atoms with Crippen molar-refractivity contribution in [1.82, 2.24) is 9.88 Å². The number of carbonyl (C=O) groups is 1. The number of H-pyrrole nitrogens is 1. The smallest absolute Gasteiger partial charge is 0.261 e. The summed E-state index contributed by atoms with van der Waals surface area (Å²) in [5.41, 5.74) is 1.05. The molecule has 1 saturated heterocycles. The van der Waals surface area contributed by atoms with Crippen molar-refractivity contribution < 1.29 is 13.2 Å². The molecule has 0 aliphatic carbocycles. The van der Waals surface area contributed by atoms with E-state index >= 15 is 0 Å². The average molecular weight is 360 g/mol. The van der Waals surface area contributed by atoms with Gasteiger partial charge >= 0.3 is 0 Å². The van der Waals surface area contributed by atoms with Crippen molar-refractivity contribution in [3.05, 3.63) is 58.4 Å². The summed E-state index contributed by atoms with van der Waals surface area (Å²) in [7, 11) is -3.10. The molecule has 132 valence electrons. The number of amides is 1. The number of aromatic nitrogens is 1. The lowest BCUT2D eigenvalue weighted by Gasteiger charge is -2.26. The number of pyridine rings is 1. The largest absolute Gasteiger partial charge is 0.335 e. The first kappa shape index (κ1) is 17.4. The van der Waals surface area contributed by atoms with Gasteiger partial charge in [0.1, 0.15) is 5.56 Å². The highest BCUT2D eigenvalue weighted by Crippen LogP contribution is 2.20. The fourth-order valence-corrected chi connectivity index (χ4v) is 4.90. The minimum absolute atomic E-state index is 0.0332. The van der Waals surface area contributed by atoms with Gasteiger partial charge in [-0.3, -0.25) is 9.59 Å². The summed E-state index contributed by atoms with van der Waals surface area (Å²) in [5, 5.41) is 0. The van der Waals surface area contributed by atoms with Crippen molar-refractivity contribution in [3.63, 3.8) is 0 Å². The van der Waals surface area contributed by atoms with Gasteiger partial charge in [0.15, 0.2) is 9.84 Å². The average Bonchev–Trinajstić information content (AvgIpc) is 2.95. The number of nitrogens with one attached hydrogen (secondary N) is 1. The monoisotopic (exact) mass is 360 g/mol. The zero-order valence-electron chi connectivity index (χ0n) is 13.9. The Morgan fingerprint density at radius 3 is 2.48 bits per heavy atom. The van der Waals surface area contributed by atoms with Crippen LogP contribution < -0.4 is 5.56 Å². The maximum atomic E-state index is 12.8. The van der Waals surface area contributed by atoms with Crippen molar-refractivity contribution >= 4 is 15.7 Å². The minimum Gasteiger partial charge on any atom is -0.335 e. The topological polar surface area (TPSA) is 87.3 Å². The van der Waals surface area contributed by atoms with Gasteiger partial charge in [0.25, 0.3) is 11.5 Å². The minimum atomic E-state index is -3.10. The zero-order valence-corrected chi connectivity index (χ0v) is 14.8. The summed E-state index contributed by atoms with van der Waals surface area (Å²) in [5.74, 6) is -0.373. The SMILES string of the molecule is CCN(C(=O)c1ccc(-c2ccccc2)[nH]c1=O)[C@H]1CCS(=O)(=O)C1. The molecule has 1 amide bonds. The fourth-order valence-electron chi connectivity index (χ4n) is 3.17. The molecule has 2 heterocycles. The lowest BCUT2D eigenvalue weighted by Crippen LogP contribution is -2.42. The van der Waals surface area contributed by atoms with Crippen LogP contribution >= 0.6 is 0 Å². The van der Waals surface area contributed by atoms with Crippen LogP contribution in [0.2, 0.25) is 0 Å². The molecule has 1 aromatic carbocycles. The van der Waals surface area contributed by atoms with E-state index in [4.69, 9.17) is 0 Å². The van der Waals surface area contributed by atoms with E-state index in [1.54, 1.807) is 13.0 Å². The van der Waals surface area contributed by atoms with Gasteiger partial charge in [0.2, 0.25) is 0 Å². The third-order valence-electron chi connectivity index (χ3n) is 4.48. The molecule has 0 unspecified atom stereocenters. The molecular weight excluding hydrogens is 340 g/mol. The van der Waals surface area contributed by atoms with Crippen LogP contribution in [0.4, 0.5) is 0 Å². The maximum Gasteiger partial charge on any atom is 0.261 e. The molecule has 1 aliphatic rings. The second-order valence-electron chi connectivity index (χ2n) is 6.13. The summed E-state index contributed by atoms with van der Waals surface area (Å²) in [6, 6.07) is 12.2. The Labute approximate surface area is 146 Å². The van der Waals surface area contributed by atoms with Crippen LogP contribution in [0.15, 0.2) is 47.3 Å². The van der Waals surface area contributed by atoms with Gasteiger partial charge in [0.05, 0.1) is 11.5 Å². The number of hydrogen-bond donors (Lipinski definition) is 1. The Bertz CT molecular complexity index is 935. The lowest BCUT2D eigenvalue weighted by atomic mass is 10.1. The van der Waals surface area contributed by atoms with E-state index in [2.05, 4.69) is 4.98 Å². The second kappa shape index (κ2) is 6.84. The summed E-state index contributed by atoms with van der Waals surface area (Å²) in [6.45, 7) is 2.15. The van der Waals surface area contributed by atoms with Gasteiger partial charge in [-0.05, 0) is 31.0 Å². The first-order chi connectivity index (χ1) is 11.9. The maximum absolute atomic E-state index is 12.8. The van der Waals surface area contributed by atoms with Crippen molar-refractivity contribution in [3.8, 4) is 11.3 Å². The van der Waals surface area contributed by atoms with Gasteiger partial charge in [-0.2, -0.15) is 0 Å². The van der Waals surface area contributed by atoms with Crippen molar-refractivity contribution in [2.75, 3.05) is 18.1 Å². The number of hydrogen-bond acceptors (Lipinski definition) is 4. The van der Waals surface area contributed by atoms with Crippen LogP contribution in [0.3, 0.4) is 0 Å². The molecule has 0 saturated carbocycles. The van der Waals surface area contributed by atoms with E-state index in [0.717, 1.165) is 5.56 Å². The van der Waals surface area contributed by atoms with E-state index in [1.807, 2.05) is 30.3 Å². The Morgan fingerprint density at radius 2 is 1.92 bits per heavy atom. The molecule has 1 N–H and O–H groups in total. The Balaban J connectivity index is 1.88. The highest BCUT2D eigenvalue weighted by Gasteiger charge is 2.34. The molecule has 3 rings (SSSR count). The van der Waals surface area contributed by atoms with E-state index in [9.17, 15) is 18.0 Å². The molecule has 6 nitrogen and oxygen atoms in total. The predicted octanol–water partition coefficient (Wildman–Crippen LogP) is 1.69. The molecule has 1 fully saturated rings. The highest BCUT2D eigenvalue weighted by molar-refractivity contribution is 7.91. The summed E-state index contributed by atoms with van der Waals surface area (Å²) in [6.07, 6.45) is 0.419.